The second kappa shape index (κ2) is 6.80. The topological polar surface area (TPSA) is 41.3 Å². The summed E-state index contributed by atoms with van der Waals surface area (Å²) in [4.78, 5) is 6.37. The molecule has 1 aliphatic heterocycles. The molecular formula is C18H22F3N3O. The summed E-state index contributed by atoms with van der Waals surface area (Å²) in [7, 11) is 0. The number of aliphatic hydroxyl groups excluding tert-OH is 1. The van der Waals surface area contributed by atoms with Crippen molar-refractivity contribution in [2.45, 2.75) is 51.2 Å². The second-order valence-corrected chi connectivity index (χ2v) is 6.80. The van der Waals surface area contributed by atoms with Crippen LogP contribution in [0.5, 0.6) is 0 Å². The van der Waals surface area contributed by atoms with Gasteiger partial charge in [-0.25, -0.2) is 4.98 Å². The minimum Gasteiger partial charge on any atom is -0.392 e. The number of benzene rings is 1. The molecule has 0 bridgehead atoms. The third kappa shape index (κ3) is 3.88. The Labute approximate surface area is 144 Å². The van der Waals surface area contributed by atoms with Crippen LogP contribution in [0.15, 0.2) is 36.7 Å². The van der Waals surface area contributed by atoms with Crippen LogP contribution in [0, 0.1) is 0 Å². The molecule has 2 aromatic rings. The van der Waals surface area contributed by atoms with Gasteiger partial charge < -0.3 is 9.67 Å². The molecule has 1 saturated heterocycles. The normalized spacial score (nSPS) is 22.0. The van der Waals surface area contributed by atoms with Crippen molar-refractivity contribution in [1.29, 1.82) is 0 Å². The minimum atomic E-state index is -4.37. The Hall–Kier alpha value is -1.86. The Kier molecular flexibility index (Phi) is 4.88. The summed E-state index contributed by atoms with van der Waals surface area (Å²) < 4.78 is 41.0. The van der Waals surface area contributed by atoms with Gasteiger partial charge in [0, 0.05) is 31.0 Å². The number of hydrogen-bond acceptors (Lipinski definition) is 3. The van der Waals surface area contributed by atoms with E-state index in [1.54, 1.807) is 12.3 Å². The zero-order valence-electron chi connectivity index (χ0n) is 14.2. The Morgan fingerprint density at radius 3 is 2.76 bits per heavy atom. The standard InChI is InChI=1S/C18H22F3N3O/c1-12(2)24-7-6-22-17(24)11-23-10-15(25)9-16(23)13-4-3-5-14(8-13)18(19,20)21/h3-8,12,15-16,25H,9-11H2,1-2H3/t15-,16+/m0/s1. The monoisotopic (exact) mass is 353 g/mol. The van der Waals surface area contributed by atoms with E-state index in [1.165, 1.54) is 12.1 Å². The maximum absolute atomic E-state index is 13.0. The van der Waals surface area contributed by atoms with Crippen LogP contribution in [-0.2, 0) is 12.7 Å². The van der Waals surface area contributed by atoms with Gasteiger partial charge in [-0.1, -0.05) is 12.1 Å². The number of likely N-dealkylation sites (tertiary alicyclic amines) is 1. The third-order valence-electron chi connectivity index (χ3n) is 4.63. The van der Waals surface area contributed by atoms with E-state index in [-0.39, 0.29) is 12.1 Å². The smallest absolute Gasteiger partial charge is 0.392 e. The lowest BCUT2D eigenvalue weighted by Crippen LogP contribution is -2.26. The van der Waals surface area contributed by atoms with E-state index in [9.17, 15) is 18.3 Å². The average Bonchev–Trinajstić information content (AvgIpc) is 3.13. The number of hydrogen-bond donors (Lipinski definition) is 1. The number of rotatable bonds is 4. The second-order valence-electron chi connectivity index (χ2n) is 6.80. The number of aromatic nitrogens is 2. The lowest BCUT2D eigenvalue weighted by atomic mass is 10.0. The van der Waals surface area contributed by atoms with Crippen molar-refractivity contribution < 1.29 is 18.3 Å². The summed E-state index contributed by atoms with van der Waals surface area (Å²) in [5, 5.41) is 10.1. The Morgan fingerprint density at radius 2 is 2.08 bits per heavy atom. The lowest BCUT2D eigenvalue weighted by Gasteiger charge is -2.25. The van der Waals surface area contributed by atoms with Crippen molar-refractivity contribution in [2.75, 3.05) is 6.54 Å². The highest BCUT2D eigenvalue weighted by Crippen LogP contribution is 2.36. The average molecular weight is 353 g/mol. The zero-order valence-corrected chi connectivity index (χ0v) is 14.2. The number of halogens is 3. The molecule has 1 aromatic heterocycles. The zero-order chi connectivity index (χ0) is 18.2. The van der Waals surface area contributed by atoms with Gasteiger partial charge in [0.05, 0.1) is 18.2 Å². The number of imidazole rings is 1. The Balaban J connectivity index is 1.86. The van der Waals surface area contributed by atoms with Crippen LogP contribution in [0.1, 0.15) is 49.3 Å². The molecule has 4 nitrogen and oxygen atoms in total. The van der Waals surface area contributed by atoms with Crippen molar-refractivity contribution in [1.82, 2.24) is 14.5 Å². The van der Waals surface area contributed by atoms with E-state index in [2.05, 4.69) is 4.98 Å². The molecule has 3 rings (SSSR count). The molecule has 1 aliphatic rings. The summed E-state index contributed by atoms with van der Waals surface area (Å²) in [5.74, 6) is 0.848. The van der Waals surface area contributed by atoms with E-state index in [0.717, 1.165) is 11.9 Å². The fourth-order valence-corrected chi connectivity index (χ4v) is 3.44. The first-order valence-electron chi connectivity index (χ1n) is 8.36. The van der Waals surface area contributed by atoms with E-state index >= 15 is 0 Å². The maximum atomic E-state index is 13.0. The quantitative estimate of drug-likeness (QED) is 0.909. The van der Waals surface area contributed by atoms with Gasteiger partial charge in [0.15, 0.2) is 0 Å². The molecule has 0 radical (unpaired) electrons. The number of aliphatic hydroxyl groups is 1. The number of nitrogens with zero attached hydrogens (tertiary/aromatic N) is 3. The minimum absolute atomic E-state index is 0.247. The summed E-state index contributed by atoms with van der Waals surface area (Å²) in [5.41, 5.74) is -0.0796. The first kappa shape index (κ1) is 17.9. The molecular weight excluding hydrogens is 331 g/mol. The van der Waals surface area contributed by atoms with Crippen LogP contribution in [0.2, 0.25) is 0 Å². The fraction of sp³-hybridized carbons (Fsp3) is 0.500. The van der Waals surface area contributed by atoms with E-state index in [1.807, 2.05) is 29.5 Å². The first-order chi connectivity index (χ1) is 11.8. The lowest BCUT2D eigenvalue weighted by molar-refractivity contribution is -0.137. The summed E-state index contributed by atoms with van der Waals surface area (Å²) in [6.45, 7) is 5.01. The molecule has 2 heterocycles. The van der Waals surface area contributed by atoms with E-state index in [4.69, 9.17) is 0 Å². The molecule has 1 fully saturated rings. The largest absolute Gasteiger partial charge is 0.416 e. The Morgan fingerprint density at radius 1 is 1.32 bits per heavy atom. The van der Waals surface area contributed by atoms with Crippen molar-refractivity contribution in [3.63, 3.8) is 0 Å². The molecule has 0 aliphatic carbocycles. The number of alkyl halides is 3. The molecule has 0 spiro atoms. The predicted molar refractivity (Wildman–Crippen MR) is 87.8 cm³/mol. The molecule has 1 aromatic carbocycles. The summed E-state index contributed by atoms with van der Waals surface area (Å²) in [6, 6.07) is 5.37. The molecule has 7 heteroatoms. The van der Waals surface area contributed by atoms with Crippen LogP contribution < -0.4 is 0 Å². The highest BCUT2D eigenvalue weighted by atomic mass is 19.4. The van der Waals surface area contributed by atoms with Gasteiger partial charge in [-0.05, 0) is 38.0 Å². The van der Waals surface area contributed by atoms with Gasteiger partial charge in [-0.3, -0.25) is 4.90 Å². The number of β-amino-alcohol motifs (C(OH)–C–C–N with tert-alkyl or cyclic N) is 1. The molecule has 2 atom stereocenters. The van der Waals surface area contributed by atoms with Crippen molar-refractivity contribution in [3.05, 3.63) is 53.6 Å². The highest BCUT2D eigenvalue weighted by molar-refractivity contribution is 5.29. The summed E-state index contributed by atoms with van der Waals surface area (Å²) in [6.07, 6.45) is -0.885. The van der Waals surface area contributed by atoms with Gasteiger partial charge >= 0.3 is 6.18 Å². The summed E-state index contributed by atoms with van der Waals surface area (Å²) >= 11 is 0. The van der Waals surface area contributed by atoms with Gasteiger partial charge in [0.2, 0.25) is 0 Å². The van der Waals surface area contributed by atoms with Crippen molar-refractivity contribution >= 4 is 0 Å². The maximum Gasteiger partial charge on any atom is 0.416 e. The van der Waals surface area contributed by atoms with E-state index in [0.29, 0.717) is 25.1 Å². The molecule has 0 unspecified atom stereocenters. The molecule has 0 saturated carbocycles. The van der Waals surface area contributed by atoms with Crippen molar-refractivity contribution in [3.8, 4) is 0 Å². The van der Waals surface area contributed by atoms with Crippen LogP contribution >= 0.6 is 0 Å². The van der Waals surface area contributed by atoms with Crippen LogP contribution in [0.4, 0.5) is 13.2 Å². The first-order valence-corrected chi connectivity index (χ1v) is 8.36. The van der Waals surface area contributed by atoms with Crippen LogP contribution in [0.25, 0.3) is 0 Å². The molecule has 0 amide bonds. The van der Waals surface area contributed by atoms with Gasteiger partial charge in [-0.2, -0.15) is 13.2 Å². The van der Waals surface area contributed by atoms with Gasteiger partial charge in [0.1, 0.15) is 5.82 Å². The highest BCUT2D eigenvalue weighted by Gasteiger charge is 2.35. The fourth-order valence-electron chi connectivity index (χ4n) is 3.44. The van der Waals surface area contributed by atoms with Gasteiger partial charge in [-0.15, -0.1) is 0 Å². The predicted octanol–water partition coefficient (Wildman–Crippen LogP) is 3.79. The van der Waals surface area contributed by atoms with E-state index < -0.39 is 17.8 Å². The molecule has 1 N–H and O–H groups in total. The SMILES string of the molecule is CC(C)n1ccnc1CN1C[C@@H](O)C[C@@H]1c1cccc(C(F)(F)F)c1. The van der Waals surface area contributed by atoms with Crippen LogP contribution in [0.3, 0.4) is 0 Å². The van der Waals surface area contributed by atoms with Crippen molar-refractivity contribution in [2.24, 2.45) is 0 Å². The molecule has 136 valence electrons. The third-order valence-corrected chi connectivity index (χ3v) is 4.63. The Bertz CT molecular complexity index is 726. The van der Waals surface area contributed by atoms with Gasteiger partial charge in [0.25, 0.3) is 0 Å². The molecule has 25 heavy (non-hydrogen) atoms. The van der Waals surface area contributed by atoms with Crippen LogP contribution in [-0.4, -0.2) is 32.2 Å².